The van der Waals surface area contributed by atoms with Gasteiger partial charge in [-0.25, -0.2) is 0 Å². The van der Waals surface area contributed by atoms with Gasteiger partial charge in [-0.15, -0.1) is 0 Å². The topological polar surface area (TPSA) is 16.1 Å². The van der Waals surface area contributed by atoms with Gasteiger partial charge < -0.3 is 4.90 Å². The van der Waals surface area contributed by atoms with E-state index in [1.54, 1.807) is 0 Å². The molecule has 1 aromatic heterocycles. The highest BCUT2D eigenvalue weighted by molar-refractivity contribution is 9.10. The highest BCUT2D eigenvalue weighted by Gasteiger charge is 2.16. The lowest BCUT2D eigenvalue weighted by atomic mass is 10.00. The summed E-state index contributed by atoms with van der Waals surface area (Å²) in [5.74, 6) is 0.808. The maximum Gasteiger partial charge on any atom is 0.0564 e. The molecule has 76 valence electrons. The third kappa shape index (κ3) is 2.27. The van der Waals surface area contributed by atoms with Crippen molar-refractivity contribution in [2.45, 2.75) is 19.8 Å². The quantitative estimate of drug-likeness (QED) is 0.766. The highest BCUT2D eigenvalue weighted by atomic mass is 79.9. The molecular weight excluding hydrogens is 240 g/mol. The number of nitrogens with zero attached hydrogens (tertiary/aromatic N) is 2. The molecule has 0 aliphatic carbocycles. The monoisotopic (exact) mass is 254 g/mol. The third-order valence-corrected chi connectivity index (χ3v) is 3.15. The first-order chi connectivity index (χ1) is 6.75. The van der Waals surface area contributed by atoms with Crippen molar-refractivity contribution in [3.8, 4) is 0 Å². The molecule has 0 N–H and O–H groups in total. The first-order valence-corrected chi connectivity index (χ1v) is 5.90. The summed E-state index contributed by atoms with van der Waals surface area (Å²) in [6.07, 6.45) is 6.44. The lowest BCUT2D eigenvalue weighted by molar-refractivity contribution is 0.446. The van der Waals surface area contributed by atoms with Gasteiger partial charge in [0.05, 0.1) is 11.9 Å². The zero-order chi connectivity index (χ0) is 9.97. The van der Waals surface area contributed by atoms with Crippen LogP contribution in [-0.2, 0) is 0 Å². The Hall–Kier alpha value is -0.570. The largest absolute Gasteiger partial charge is 0.370 e. The molecule has 0 bridgehead atoms. The smallest absolute Gasteiger partial charge is 0.0564 e. The summed E-state index contributed by atoms with van der Waals surface area (Å²) in [6, 6.07) is 2.14. The van der Waals surface area contributed by atoms with Crippen LogP contribution < -0.4 is 4.90 Å². The Morgan fingerprint density at radius 2 is 2.36 bits per heavy atom. The molecule has 0 saturated carbocycles. The van der Waals surface area contributed by atoms with Crippen LogP contribution in [0.1, 0.15) is 19.8 Å². The van der Waals surface area contributed by atoms with Crippen molar-refractivity contribution in [1.82, 2.24) is 4.98 Å². The third-order valence-electron chi connectivity index (χ3n) is 2.71. The molecule has 0 amide bonds. The second kappa shape index (κ2) is 4.30. The molecule has 1 atom stereocenters. The first kappa shape index (κ1) is 9.97. The number of pyridine rings is 1. The second-order valence-corrected chi connectivity index (χ2v) is 4.97. The predicted octanol–water partition coefficient (Wildman–Crippen LogP) is 3.08. The van der Waals surface area contributed by atoms with Gasteiger partial charge >= 0.3 is 0 Å². The Kier molecular flexibility index (Phi) is 3.06. The van der Waals surface area contributed by atoms with E-state index in [2.05, 4.69) is 38.8 Å². The fraction of sp³-hybridized carbons (Fsp3) is 0.545. The highest BCUT2D eigenvalue weighted by Crippen LogP contribution is 2.24. The lowest BCUT2D eigenvalue weighted by Crippen LogP contribution is -2.34. The van der Waals surface area contributed by atoms with Crippen LogP contribution in [0.3, 0.4) is 0 Å². The van der Waals surface area contributed by atoms with Gasteiger partial charge in [0.2, 0.25) is 0 Å². The Labute approximate surface area is 93.5 Å². The van der Waals surface area contributed by atoms with Gasteiger partial charge in [0.1, 0.15) is 0 Å². The Morgan fingerprint density at radius 1 is 1.50 bits per heavy atom. The van der Waals surface area contributed by atoms with Gasteiger partial charge in [0.15, 0.2) is 0 Å². The summed E-state index contributed by atoms with van der Waals surface area (Å²) < 4.78 is 1.06. The SMILES string of the molecule is CC1CCCN(c2cncc(Br)c2)C1. The predicted molar refractivity (Wildman–Crippen MR) is 62.5 cm³/mol. The lowest BCUT2D eigenvalue weighted by Gasteiger charge is -2.32. The van der Waals surface area contributed by atoms with Crippen molar-refractivity contribution in [2.24, 2.45) is 5.92 Å². The Balaban J connectivity index is 2.14. The molecule has 1 unspecified atom stereocenters. The molecule has 1 aliphatic rings. The van der Waals surface area contributed by atoms with Crippen LogP contribution in [0, 0.1) is 5.92 Å². The number of hydrogen-bond donors (Lipinski definition) is 0. The van der Waals surface area contributed by atoms with E-state index < -0.39 is 0 Å². The fourth-order valence-electron chi connectivity index (χ4n) is 2.00. The van der Waals surface area contributed by atoms with Crippen molar-refractivity contribution < 1.29 is 0 Å². The zero-order valence-electron chi connectivity index (χ0n) is 8.41. The van der Waals surface area contributed by atoms with Crippen molar-refractivity contribution in [3.63, 3.8) is 0 Å². The molecule has 1 fully saturated rings. The fourth-order valence-corrected chi connectivity index (χ4v) is 2.35. The number of halogens is 1. The van der Waals surface area contributed by atoms with Gasteiger partial charge in [-0.05, 0) is 40.8 Å². The van der Waals surface area contributed by atoms with E-state index in [4.69, 9.17) is 0 Å². The molecular formula is C11H15BrN2. The van der Waals surface area contributed by atoms with Gasteiger partial charge in [-0.3, -0.25) is 4.98 Å². The van der Waals surface area contributed by atoms with Gasteiger partial charge in [-0.1, -0.05) is 6.92 Å². The van der Waals surface area contributed by atoms with Crippen LogP contribution in [-0.4, -0.2) is 18.1 Å². The summed E-state index contributed by atoms with van der Waals surface area (Å²) in [5.41, 5.74) is 1.24. The average Bonchev–Trinajstić information content (AvgIpc) is 2.18. The first-order valence-electron chi connectivity index (χ1n) is 5.11. The number of aromatic nitrogens is 1. The average molecular weight is 255 g/mol. The normalized spacial score (nSPS) is 22.4. The van der Waals surface area contributed by atoms with Crippen LogP contribution in [0.15, 0.2) is 22.9 Å². The van der Waals surface area contributed by atoms with E-state index in [1.165, 1.54) is 25.1 Å². The summed E-state index contributed by atoms with van der Waals surface area (Å²) >= 11 is 3.45. The van der Waals surface area contributed by atoms with Crippen LogP contribution in [0.4, 0.5) is 5.69 Å². The van der Waals surface area contributed by atoms with E-state index in [0.717, 1.165) is 16.9 Å². The molecule has 2 heterocycles. The molecule has 14 heavy (non-hydrogen) atoms. The maximum atomic E-state index is 4.20. The van der Waals surface area contributed by atoms with E-state index in [1.807, 2.05) is 12.4 Å². The van der Waals surface area contributed by atoms with E-state index in [9.17, 15) is 0 Å². The molecule has 1 saturated heterocycles. The summed E-state index contributed by atoms with van der Waals surface area (Å²) in [6.45, 7) is 4.65. The minimum absolute atomic E-state index is 0.808. The standard InChI is InChI=1S/C11H15BrN2/c1-9-3-2-4-14(8-9)11-5-10(12)6-13-7-11/h5-7,9H,2-4,8H2,1H3. The maximum absolute atomic E-state index is 4.20. The van der Waals surface area contributed by atoms with E-state index in [0.29, 0.717) is 0 Å². The number of rotatable bonds is 1. The van der Waals surface area contributed by atoms with Crippen LogP contribution >= 0.6 is 15.9 Å². The van der Waals surface area contributed by atoms with Gasteiger partial charge in [0, 0.05) is 23.8 Å². The summed E-state index contributed by atoms with van der Waals surface area (Å²) in [5, 5.41) is 0. The molecule has 3 heteroatoms. The van der Waals surface area contributed by atoms with Gasteiger partial charge in [0.25, 0.3) is 0 Å². The van der Waals surface area contributed by atoms with Crippen LogP contribution in [0.25, 0.3) is 0 Å². The number of anilines is 1. The van der Waals surface area contributed by atoms with Crippen molar-refractivity contribution >= 4 is 21.6 Å². The van der Waals surface area contributed by atoms with Crippen molar-refractivity contribution in [3.05, 3.63) is 22.9 Å². The molecule has 1 aromatic rings. The summed E-state index contributed by atoms with van der Waals surface area (Å²) in [7, 11) is 0. The minimum atomic E-state index is 0.808. The molecule has 0 radical (unpaired) electrons. The number of hydrogen-bond acceptors (Lipinski definition) is 2. The van der Waals surface area contributed by atoms with Gasteiger partial charge in [-0.2, -0.15) is 0 Å². The molecule has 2 nitrogen and oxygen atoms in total. The molecule has 2 rings (SSSR count). The van der Waals surface area contributed by atoms with Crippen molar-refractivity contribution in [1.29, 1.82) is 0 Å². The van der Waals surface area contributed by atoms with E-state index in [-0.39, 0.29) is 0 Å². The van der Waals surface area contributed by atoms with Crippen LogP contribution in [0.2, 0.25) is 0 Å². The van der Waals surface area contributed by atoms with Crippen LogP contribution in [0.5, 0.6) is 0 Å². The minimum Gasteiger partial charge on any atom is -0.370 e. The Morgan fingerprint density at radius 3 is 3.07 bits per heavy atom. The van der Waals surface area contributed by atoms with Crippen molar-refractivity contribution in [2.75, 3.05) is 18.0 Å². The second-order valence-electron chi connectivity index (χ2n) is 4.05. The molecule has 0 aromatic carbocycles. The van der Waals surface area contributed by atoms with E-state index >= 15 is 0 Å². The Bertz CT molecular complexity index is 314. The summed E-state index contributed by atoms with van der Waals surface area (Å²) in [4.78, 5) is 6.62. The zero-order valence-corrected chi connectivity index (χ0v) is 10.00. The number of piperidine rings is 1. The molecule has 1 aliphatic heterocycles. The molecule has 0 spiro atoms.